The lowest BCUT2D eigenvalue weighted by Gasteiger charge is -2.37. The number of rotatable bonds is 7. The zero-order chi connectivity index (χ0) is 22.6. The van der Waals surface area contributed by atoms with Crippen molar-refractivity contribution in [1.29, 1.82) is 0 Å². The second kappa shape index (κ2) is 8.88. The van der Waals surface area contributed by atoms with Crippen LogP contribution in [-0.4, -0.2) is 62.0 Å². The Kier molecular flexibility index (Phi) is 4.32. The predicted octanol–water partition coefficient (Wildman–Crippen LogP) is 2.64. The molecule has 1 heterocycles. The number of ether oxygens (including phenoxy) is 3. The van der Waals surface area contributed by atoms with Gasteiger partial charge in [-0.2, -0.15) is 0 Å². The zero-order valence-corrected chi connectivity index (χ0v) is 14.4. The van der Waals surface area contributed by atoms with Gasteiger partial charge in [0, 0.05) is 19.1 Å². The molecule has 3 rings (SSSR count). The van der Waals surface area contributed by atoms with Crippen molar-refractivity contribution in [1.82, 2.24) is 4.90 Å². The van der Waals surface area contributed by atoms with Crippen LogP contribution in [0.15, 0.2) is 18.2 Å². The molecule has 0 amide bonds. The van der Waals surface area contributed by atoms with Crippen LogP contribution in [0.2, 0.25) is 0 Å². The lowest BCUT2D eigenvalue weighted by atomic mass is 9.91. The molecule has 5 nitrogen and oxygen atoms in total. The number of benzene rings is 1. The molecule has 140 valence electrons. The van der Waals surface area contributed by atoms with Crippen LogP contribution in [0.1, 0.15) is 45.9 Å². The van der Waals surface area contributed by atoms with Crippen LogP contribution in [0.4, 0.5) is 0 Å². The van der Waals surface area contributed by atoms with Gasteiger partial charge in [0.25, 0.3) is 0 Å². The van der Waals surface area contributed by atoms with E-state index in [0.29, 0.717) is 25.6 Å². The summed E-state index contributed by atoms with van der Waals surface area (Å²) in [7, 11) is -5.44. The van der Waals surface area contributed by atoms with E-state index in [9.17, 15) is 5.11 Å². The van der Waals surface area contributed by atoms with Gasteiger partial charge in [0.1, 0.15) is 0 Å². The van der Waals surface area contributed by atoms with Crippen LogP contribution in [0, 0.1) is 0 Å². The Bertz CT molecular complexity index is 727. The third-order valence-electron chi connectivity index (χ3n) is 5.28. The molecule has 5 heteroatoms. The average Bonchev–Trinajstić information content (AvgIpc) is 3.08. The fourth-order valence-electron chi connectivity index (χ4n) is 3.96. The molecule has 2 aliphatic rings. The Labute approximate surface area is 159 Å². The minimum absolute atomic E-state index is 0.107. The van der Waals surface area contributed by atoms with E-state index in [1.807, 2.05) is 0 Å². The van der Waals surface area contributed by atoms with Gasteiger partial charge >= 0.3 is 0 Å². The molecule has 0 spiro atoms. The molecule has 0 unspecified atom stereocenters. The molecular formula is C20H31NO4. The van der Waals surface area contributed by atoms with Gasteiger partial charge < -0.3 is 19.3 Å². The van der Waals surface area contributed by atoms with Gasteiger partial charge in [-0.15, -0.1) is 0 Å². The fraction of sp³-hybridized carbons (Fsp3) is 0.700. The summed E-state index contributed by atoms with van der Waals surface area (Å²) < 4.78 is 59.8. The number of aliphatic hydroxyl groups excluding tert-OH is 1. The van der Waals surface area contributed by atoms with Gasteiger partial charge in [-0.05, 0) is 43.4 Å². The van der Waals surface area contributed by atoms with Gasteiger partial charge in [-0.1, -0.05) is 18.9 Å². The summed E-state index contributed by atoms with van der Waals surface area (Å²) in [6.07, 6.45) is 5.51. The Hall–Kier alpha value is -1.30. The molecule has 0 radical (unpaired) electrons. The fourth-order valence-corrected chi connectivity index (χ4v) is 3.96. The molecule has 1 saturated carbocycles. The Morgan fingerprint density at radius 1 is 1.16 bits per heavy atom. The number of nitrogens with zero attached hydrogens (tertiary/aromatic N) is 1. The molecule has 1 aliphatic carbocycles. The van der Waals surface area contributed by atoms with Crippen LogP contribution < -0.4 is 9.47 Å². The van der Waals surface area contributed by atoms with Crippen LogP contribution in [-0.2, 0) is 11.2 Å². The van der Waals surface area contributed by atoms with E-state index in [0.717, 1.165) is 44.2 Å². The van der Waals surface area contributed by atoms with Crippen LogP contribution in [0.25, 0.3) is 0 Å². The number of β-amino-alcohol motifs (C(OH)–C–C–N with tert-alkyl or cyclic N) is 1. The summed E-state index contributed by atoms with van der Waals surface area (Å²) >= 11 is 0. The van der Waals surface area contributed by atoms with E-state index >= 15 is 0 Å². The molecule has 25 heavy (non-hydrogen) atoms. The largest absolute Gasteiger partial charge is 0.493 e. The van der Waals surface area contributed by atoms with E-state index in [2.05, 4.69) is 4.90 Å². The molecule has 2 fully saturated rings. The molecule has 1 saturated heterocycles. The van der Waals surface area contributed by atoms with Crippen molar-refractivity contribution >= 4 is 0 Å². The van der Waals surface area contributed by atoms with Gasteiger partial charge in [-0.3, -0.25) is 4.90 Å². The van der Waals surface area contributed by atoms with Crippen molar-refractivity contribution in [3.8, 4) is 11.5 Å². The summed E-state index contributed by atoms with van der Waals surface area (Å²) in [6, 6.07) is 4.91. The number of aliphatic hydroxyl groups is 1. The van der Waals surface area contributed by atoms with Gasteiger partial charge in [0.2, 0.25) is 0 Å². The summed E-state index contributed by atoms with van der Waals surface area (Å²) in [5.74, 6) is -0.268. The van der Waals surface area contributed by atoms with Crippen molar-refractivity contribution in [3.05, 3.63) is 23.8 Å². The first-order valence-electron chi connectivity index (χ1n) is 12.0. The molecule has 0 bridgehead atoms. The van der Waals surface area contributed by atoms with Crippen molar-refractivity contribution in [2.24, 2.45) is 0 Å². The molecule has 3 atom stereocenters. The van der Waals surface area contributed by atoms with Gasteiger partial charge in [0.05, 0.1) is 41.1 Å². The van der Waals surface area contributed by atoms with Gasteiger partial charge in [0.15, 0.2) is 11.5 Å². The molecule has 1 aliphatic heterocycles. The maximum Gasteiger partial charge on any atom is 0.160 e. The molecule has 1 aromatic carbocycles. The van der Waals surface area contributed by atoms with Crippen molar-refractivity contribution in [2.75, 3.05) is 33.8 Å². The number of hydrogen-bond donors (Lipinski definition) is 1. The average molecular weight is 356 g/mol. The van der Waals surface area contributed by atoms with Crippen molar-refractivity contribution in [2.45, 2.75) is 56.8 Å². The summed E-state index contributed by atoms with van der Waals surface area (Å²) in [5.41, 5.74) is 0.765. The highest BCUT2D eigenvalue weighted by molar-refractivity contribution is 5.42. The minimum atomic E-state index is -2.72. The maximum absolute atomic E-state index is 9.86. The smallest absolute Gasteiger partial charge is 0.160 e. The second-order valence-electron chi connectivity index (χ2n) is 6.93. The Morgan fingerprint density at radius 3 is 2.80 bits per heavy atom. The van der Waals surface area contributed by atoms with E-state index < -0.39 is 14.1 Å². The summed E-state index contributed by atoms with van der Waals surface area (Å²) in [5, 5.41) is 9.86. The first kappa shape index (κ1) is 12.2. The minimum Gasteiger partial charge on any atom is -0.493 e. The molecule has 1 N–H and O–H groups in total. The third-order valence-corrected chi connectivity index (χ3v) is 5.28. The van der Waals surface area contributed by atoms with Crippen LogP contribution in [0.3, 0.4) is 0 Å². The van der Waals surface area contributed by atoms with Crippen molar-refractivity contribution in [3.63, 3.8) is 0 Å². The summed E-state index contributed by atoms with van der Waals surface area (Å²) in [6.45, 7) is 2.04. The van der Waals surface area contributed by atoms with E-state index in [1.165, 1.54) is 12.1 Å². The Balaban J connectivity index is 1.61. The lowest BCUT2D eigenvalue weighted by Crippen LogP contribution is -2.46. The summed E-state index contributed by atoms with van der Waals surface area (Å²) in [4.78, 5) is 2.33. The highest BCUT2D eigenvalue weighted by atomic mass is 16.5. The zero-order valence-electron chi connectivity index (χ0n) is 20.4. The number of methoxy groups -OCH3 is 2. The van der Waals surface area contributed by atoms with E-state index in [-0.39, 0.29) is 23.7 Å². The first-order chi connectivity index (χ1) is 14.5. The van der Waals surface area contributed by atoms with Crippen LogP contribution >= 0.6 is 0 Å². The molecule has 1 aromatic rings. The molecular weight excluding hydrogens is 318 g/mol. The third kappa shape index (κ3) is 4.66. The number of hydrogen-bond acceptors (Lipinski definition) is 5. The second-order valence-corrected chi connectivity index (χ2v) is 6.93. The highest BCUT2D eigenvalue weighted by Crippen LogP contribution is 2.30. The topological polar surface area (TPSA) is 51.2 Å². The predicted molar refractivity (Wildman–Crippen MR) is 97.4 cm³/mol. The maximum atomic E-state index is 9.86. The SMILES string of the molecule is [2H]C([2H])([2H])Oc1ccc(CCO[C@@H]2CCCC[C@H]2N2CC[C@@H](O)C2)cc1OC([2H])([2H])[2H]. The van der Waals surface area contributed by atoms with Crippen molar-refractivity contribution < 1.29 is 27.5 Å². The quantitative estimate of drug-likeness (QED) is 0.815. The monoisotopic (exact) mass is 355 g/mol. The van der Waals surface area contributed by atoms with E-state index in [4.69, 9.17) is 22.4 Å². The standard InChI is InChI=1S/C20H31NO4/c1-23-19-8-7-15(13-20(19)24-2)10-12-25-18-6-4-3-5-17(18)21-11-9-16(22)14-21/h7-8,13,16-18,22H,3-6,9-12,14H2,1-2H3/t16-,17-,18-/m1/s1/i1D3,2D3. The van der Waals surface area contributed by atoms with Crippen LogP contribution in [0.5, 0.6) is 11.5 Å². The number of likely N-dealkylation sites (tertiary alicyclic amines) is 1. The highest BCUT2D eigenvalue weighted by Gasteiger charge is 2.34. The van der Waals surface area contributed by atoms with E-state index in [1.54, 1.807) is 6.07 Å². The lowest BCUT2D eigenvalue weighted by molar-refractivity contribution is -0.0316. The Morgan fingerprint density at radius 2 is 2.00 bits per heavy atom. The molecule has 0 aromatic heterocycles. The first-order valence-corrected chi connectivity index (χ1v) is 9.05. The van der Waals surface area contributed by atoms with Gasteiger partial charge in [-0.25, -0.2) is 0 Å². The normalized spacial score (nSPS) is 32.0.